The number of ether oxygens (including phenoxy) is 1. The zero-order valence-corrected chi connectivity index (χ0v) is 8.61. The SMILES string of the molecule is CCOC(=O)C(=O)Nc1ccc(Cl)nn1. The molecular formula is C8H8ClN3O3. The highest BCUT2D eigenvalue weighted by molar-refractivity contribution is 6.37. The Morgan fingerprint density at radius 3 is 2.73 bits per heavy atom. The number of carbonyl (C=O) groups is 2. The topological polar surface area (TPSA) is 81.2 Å². The number of carbonyl (C=O) groups excluding carboxylic acids is 2. The molecule has 0 radical (unpaired) electrons. The van der Waals surface area contributed by atoms with Gasteiger partial charge in [-0.15, -0.1) is 10.2 Å². The summed E-state index contributed by atoms with van der Waals surface area (Å²) in [4.78, 5) is 22.0. The Balaban J connectivity index is 2.58. The highest BCUT2D eigenvalue weighted by Crippen LogP contribution is 2.05. The molecule has 1 rings (SSSR count). The van der Waals surface area contributed by atoms with Crippen LogP contribution in [0.15, 0.2) is 12.1 Å². The van der Waals surface area contributed by atoms with Gasteiger partial charge in [-0.25, -0.2) is 4.79 Å². The summed E-state index contributed by atoms with van der Waals surface area (Å²) < 4.78 is 4.47. The van der Waals surface area contributed by atoms with Crippen molar-refractivity contribution in [1.29, 1.82) is 0 Å². The van der Waals surface area contributed by atoms with Gasteiger partial charge in [0.1, 0.15) is 0 Å². The Bertz CT molecular complexity index is 366. The Kier molecular flexibility index (Phi) is 3.99. The third-order valence-corrected chi connectivity index (χ3v) is 1.54. The van der Waals surface area contributed by atoms with Crippen molar-refractivity contribution in [3.05, 3.63) is 17.3 Å². The van der Waals surface area contributed by atoms with Crippen LogP contribution in [0, 0.1) is 0 Å². The quantitative estimate of drug-likeness (QED) is 0.594. The Labute approximate surface area is 90.6 Å². The number of hydrogen-bond donors (Lipinski definition) is 1. The van der Waals surface area contributed by atoms with Crippen LogP contribution in [0.25, 0.3) is 0 Å². The minimum absolute atomic E-state index is 0.137. The third-order valence-electron chi connectivity index (χ3n) is 1.33. The maximum atomic E-state index is 11.1. The van der Waals surface area contributed by atoms with Gasteiger partial charge in [0, 0.05) is 0 Å². The number of esters is 1. The molecule has 0 aromatic carbocycles. The first-order valence-electron chi connectivity index (χ1n) is 4.11. The molecule has 7 heteroatoms. The number of aromatic nitrogens is 2. The number of anilines is 1. The maximum Gasteiger partial charge on any atom is 0.397 e. The number of nitrogens with one attached hydrogen (secondary N) is 1. The molecule has 0 aliphatic heterocycles. The normalized spacial score (nSPS) is 9.47. The van der Waals surface area contributed by atoms with E-state index in [1.165, 1.54) is 12.1 Å². The molecule has 0 bridgehead atoms. The van der Waals surface area contributed by atoms with Crippen LogP contribution >= 0.6 is 11.6 Å². The van der Waals surface area contributed by atoms with E-state index < -0.39 is 11.9 Å². The Morgan fingerprint density at radius 2 is 2.20 bits per heavy atom. The zero-order chi connectivity index (χ0) is 11.3. The van der Waals surface area contributed by atoms with Crippen LogP contribution in [-0.2, 0) is 14.3 Å². The summed E-state index contributed by atoms with van der Waals surface area (Å²) >= 11 is 5.48. The van der Waals surface area contributed by atoms with Gasteiger partial charge in [-0.1, -0.05) is 11.6 Å². The van der Waals surface area contributed by atoms with E-state index in [4.69, 9.17) is 11.6 Å². The van der Waals surface area contributed by atoms with Crippen molar-refractivity contribution in [3.63, 3.8) is 0 Å². The molecule has 0 saturated carbocycles. The fourth-order valence-corrected chi connectivity index (χ4v) is 0.847. The summed E-state index contributed by atoms with van der Waals surface area (Å²) in [7, 11) is 0. The number of halogens is 1. The molecule has 0 fully saturated rings. The Hall–Kier alpha value is -1.69. The fraction of sp³-hybridized carbons (Fsp3) is 0.250. The lowest BCUT2D eigenvalue weighted by Crippen LogP contribution is -2.25. The standard InChI is InChI=1S/C8H8ClN3O3/c1-2-15-8(14)7(13)10-6-4-3-5(9)11-12-6/h3-4H,2H2,1H3,(H,10,12,13). The summed E-state index contributed by atoms with van der Waals surface area (Å²) in [5, 5.41) is 9.43. The van der Waals surface area contributed by atoms with Gasteiger partial charge in [0.15, 0.2) is 11.0 Å². The van der Waals surface area contributed by atoms with E-state index in [-0.39, 0.29) is 17.6 Å². The van der Waals surface area contributed by atoms with Crippen molar-refractivity contribution in [2.75, 3.05) is 11.9 Å². The van der Waals surface area contributed by atoms with Gasteiger partial charge in [-0.05, 0) is 19.1 Å². The number of rotatable bonds is 2. The maximum absolute atomic E-state index is 11.1. The molecule has 0 saturated heterocycles. The van der Waals surface area contributed by atoms with Gasteiger partial charge >= 0.3 is 11.9 Å². The van der Waals surface area contributed by atoms with Crippen molar-refractivity contribution in [1.82, 2.24) is 10.2 Å². The summed E-state index contributed by atoms with van der Waals surface area (Å²) in [5.41, 5.74) is 0. The first-order valence-corrected chi connectivity index (χ1v) is 4.48. The number of amides is 1. The molecule has 1 heterocycles. The molecule has 15 heavy (non-hydrogen) atoms. The van der Waals surface area contributed by atoms with Crippen LogP contribution in [0.1, 0.15) is 6.92 Å². The zero-order valence-electron chi connectivity index (χ0n) is 7.86. The second-order valence-corrected chi connectivity index (χ2v) is 2.80. The molecule has 0 atom stereocenters. The minimum Gasteiger partial charge on any atom is -0.459 e. The van der Waals surface area contributed by atoms with E-state index in [2.05, 4.69) is 20.3 Å². The van der Waals surface area contributed by atoms with Crippen molar-refractivity contribution in [2.45, 2.75) is 6.92 Å². The van der Waals surface area contributed by atoms with E-state index in [0.29, 0.717) is 0 Å². The summed E-state index contributed by atoms with van der Waals surface area (Å²) in [5.74, 6) is -1.72. The van der Waals surface area contributed by atoms with Crippen molar-refractivity contribution >= 4 is 29.3 Å². The second kappa shape index (κ2) is 5.26. The van der Waals surface area contributed by atoms with Gasteiger partial charge in [-0.2, -0.15) is 0 Å². The molecule has 0 unspecified atom stereocenters. The lowest BCUT2D eigenvalue weighted by atomic mass is 10.5. The predicted octanol–water partition coefficient (Wildman–Crippen LogP) is 0.632. The van der Waals surface area contributed by atoms with E-state index in [1.54, 1.807) is 6.92 Å². The lowest BCUT2D eigenvalue weighted by molar-refractivity contribution is -0.152. The van der Waals surface area contributed by atoms with Crippen LogP contribution < -0.4 is 5.32 Å². The van der Waals surface area contributed by atoms with Crippen LogP contribution in [0.4, 0.5) is 5.82 Å². The highest BCUT2D eigenvalue weighted by Gasteiger charge is 2.15. The molecule has 1 amide bonds. The Morgan fingerprint density at radius 1 is 1.47 bits per heavy atom. The first-order chi connectivity index (χ1) is 7.13. The third kappa shape index (κ3) is 3.51. The molecule has 6 nitrogen and oxygen atoms in total. The number of nitrogens with zero attached hydrogens (tertiary/aromatic N) is 2. The first kappa shape index (κ1) is 11.4. The van der Waals surface area contributed by atoms with Crippen LogP contribution in [0.3, 0.4) is 0 Å². The number of hydrogen-bond acceptors (Lipinski definition) is 5. The van der Waals surface area contributed by atoms with Crippen LogP contribution in [0.2, 0.25) is 5.15 Å². The van der Waals surface area contributed by atoms with Gasteiger partial charge in [0.25, 0.3) is 0 Å². The molecule has 0 spiro atoms. The van der Waals surface area contributed by atoms with Gasteiger partial charge < -0.3 is 4.74 Å². The molecule has 0 aliphatic carbocycles. The molecule has 0 aliphatic rings. The van der Waals surface area contributed by atoms with Gasteiger partial charge in [0.2, 0.25) is 0 Å². The van der Waals surface area contributed by atoms with Crippen molar-refractivity contribution in [3.8, 4) is 0 Å². The van der Waals surface area contributed by atoms with Crippen molar-refractivity contribution < 1.29 is 14.3 Å². The van der Waals surface area contributed by atoms with E-state index in [9.17, 15) is 9.59 Å². The summed E-state index contributed by atoms with van der Waals surface area (Å²) in [6, 6.07) is 2.86. The van der Waals surface area contributed by atoms with E-state index in [1.807, 2.05) is 0 Å². The predicted molar refractivity (Wildman–Crippen MR) is 52.3 cm³/mol. The molecule has 1 N–H and O–H groups in total. The van der Waals surface area contributed by atoms with E-state index >= 15 is 0 Å². The average Bonchev–Trinajstić information content (AvgIpc) is 2.22. The van der Waals surface area contributed by atoms with Crippen LogP contribution in [0.5, 0.6) is 0 Å². The average molecular weight is 230 g/mol. The summed E-state index contributed by atoms with van der Waals surface area (Å²) in [6.45, 7) is 1.74. The highest BCUT2D eigenvalue weighted by atomic mass is 35.5. The fourth-order valence-electron chi connectivity index (χ4n) is 0.747. The molecular weight excluding hydrogens is 222 g/mol. The molecule has 80 valence electrons. The van der Waals surface area contributed by atoms with Gasteiger partial charge in [0.05, 0.1) is 6.61 Å². The molecule has 1 aromatic heterocycles. The van der Waals surface area contributed by atoms with E-state index in [0.717, 1.165) is 0 Å². The lowest BCUT2D eigenvalue weighted by Gasteiger charge is -2.02. The molecule has 1 aromatic rings. The monoisotopic (exact) mass is 229 g/mol. The minimum atomic E-state index is -0.964. The smallest absolute Gasteiger partial charge is 0.397 e. The largest absolute Gasteiger partial charge is 0.459 e. The van der Waals surface area contributed by atoms with Gasteiger partial charge in [-0.3, -0.25) is 10.1 Å². The second-order valence-electron chi connectivity index (χ2n) is 2.42. The summed E-state index contributed by atoms with van der Waals surface area (Å²) in [6.07, 6.45) is 0. The van der Waals surface area contributed by atoms with Crippen LogP contribution in [-0.4, -0.2) is 28.7 Å². The van der Waals surface area contributed by atoms with Crippen molar-refractivity contribution in [2.24, 2.45) is 0 Å².